The van der Waals surface area contributed by atoms with Crippen LogP contribution < -0.4 is 9.47 Å². The average molecular weight is 439 g/mol. The first kappa shape index (κ1) is 16.6. The minimum atomic E-state index is -0.512. The van der Waals surface area contributed by atoms with Gasteiger partial charge in [0.2, 0.25) is 0 Å². The van der Waals surface area contributed by atoms with Gasteiger partial charge in [-0.3, -0.25) is 0 Å². The highest BCUT2D eigenvalue weighted by molar-refractivity contribution is 9.10. The Hall–Kier alpha value is -0.780. The molecule has 0 heterocycles. The molecule has 0 spiro atoms. The molecule has 2 aromatic rings. The molecule has 112 valence electrons. The SMILES string of the molecule is COc1cc(Br)c(C(Cl)c2ccc(Br)c(F)c2)cc1OC. The molecule has 0 N–H and O–H groups in total. The summed E-state index contributed by atoms with van der Waals surface area (Å²) in [6, 6.07) is 8.37. The Bertz CT molecular complexity index is 664. The topological polar surface area (TPSA) is 18.5 Å². The molecule has 0 amide bonds. The zero-order valence-corrected chi connectivity index (χ0v) is 15.2. The molecule has 0 fully saturated rings. The molecule has 2 nitrogen and oxygen atoms in total. The number of methoxy groups -OCH3 is 2. The van der Waals surface area contributed by atoms with Gasteiger partial charge in [0.25, 0.3) is 0 Å². The van der Waals surface area contributed by atoms with Crippen LogP contribution in [0.1, 0.15) is 16.5 Å². The van der Waals surface area contributed by atoms with Crippen molar-refractivity contribution in [3.63, 3.8) is 0 Å². The van der Waals surface area contributed by atoms with Crippen LogP contribution in [-0.2, 0) is 0 Å². The third kappa shape index (κ3) is 3.52. The highest BCUT2D eigenvalue weighted by atomic mass is 79.9. The van der Waals surface area contributed by atoms with E-state index in [1.54, 1.807) is 38.5 Å². The fourth-order valence-electron chi connectivity index (χ4n) is 1.91. The van der Waals surface area contributed by atoms with Gasteiger partial charge in [0, 0.05) is 4.47 Å². The van der Waals surface area contributed by atoms with Gasteiger partial charge in [-0.15, -0.1) is 11.6 Å². The second kappa shape index (κ2) is 6.99. The lowest BCUT2D eigenvalue weighted by atomic mass is 10.0. The van der Waals surface area contributed by atoms with Crippen LogP contribution >= 0.6 is 43.5 Å². The zero-order valence-electron chi connectivity index (χ0n) is 11.3. The molecular formula is C15H12Br2ClFO2. The number of benzene rings is 2. The second-order valence-corrected chi connectivity index (χ2v) is 6.41. The number of rotatable bonds is 4. The maximum absolute atomic E-state index is 13.7. The van der Waals surface area contributed by atoms with E-state index in [-0.39, 0.29) is 5.82 Å². The van der Waals surface area contributed by atoms with Crippen molar-refractivity contribution in [2.75, 3.05) is 14.2 Å². The summed E-state index contributed by atoms with van der Waals surface area (Å²) in [6.07, 6.45) is 0. The molecule has 21 heavy (non-hydrogen) atoms. The van der Waals surface area contributed by atoms with Crippen LogP contribution in [0.4, 0.5) is 4.39 Å². The maximum Gasteiger partial charge on any atom is 0.161 e. The van der Waals surface area contributed by atoms with Crippen LogP contribution in [-0.4, -0.2) is 14.2 Å². The van der Waals surface area contributed by atoms with Crippen LogP contribution in [0.2, 0.25) is 0 Å². The van der Waals surface area contributed by atoms with E-state index < -0.39 is 5.38 Å². The minimum Gasteiger partial charge on any atom is -0.493 e. The zero-order chi connectivity index (χ0) is 15.6. The summed E-state index contributed by atoms with van der Waals surface area (Å²) >= 11 is 13.1. The summed E-state index contributed by atoms with van der Waals surface area (Å²) in [5, 5.41) is -0.512. The quantitative estimate of drug-likeness (QED) is 0.571. The Morgan fingerprint density at radius 2 is 1.62 bits per heavy atom. The Balaban J connectivity index is 2.47. The number of alkyl halides is 1. The van der Waals surface area contributed by atoms with E-state index in [9.17, 15) is 4.39 Å². The molecule has 0 aromatic heterocycles. The van der Waals surface area contributed by atoms with Crippen molar-refractivity contribution in [1.29, 1.82) is 0 Å². The van der Waals surface area contributed by atoms with Crippen LogP contribution in [0.15, 0.2) is 39.3 Å². The van der Waals surface area contributed by atoms with Crippen LogP contribution in [0.25, 0.3) is 0 Å². The molecule has 0 aliphatic rings. The average Bonchev–Trinajstić information content (AvgIpc) is 2.49. The van der Waals surface area contributed by atoms with Crippen molar-refractivity contribution in [3.05, 3.63) is 56.2 Å². The fraction of sp³-hybridized carbons (Fsp3) is 0.200. The van der Waals surface area contributed by atoms with E-state index in [1.807, 2.05) is 0 Å². The lowest BCUT2D eigenvalue weighted by molar-refractivity contribution is 0.354. The van der Waals surface area contributed by atoms with E-state index >= 15 is 0 Å². The highest BCUT2D eigenvalue weighted by Crippen LogP contribution is 2.40. The molecule has 1 atom stereocenters. The van der Waals surface area contributed by atoms with Crippen LogP contribution in [0.3, 0.4) is 0 Å². The Labute approximate surface area is 144 Å². The third-order valence-electron chi connectivity index (χ3n) is 3.01. The van der Waals surface area contributed by atoms with E-state index in [1.165, 1.54) is 6.07 Å². The molecule has 1 unspecified atom stereocenters. The van der Waals surface area contributed by atoms with Gasteiger partial charge in [0.1, 0.15) is 5.82 Å². The Morgan fingerprint density at radius 1 is 1.00 bits per heavy atom. The van der Waals surface area contributed by atoms with Crippen molar-refractivity contribution >= 4 is 43.5 Å². The summed E-state index contributed by atoms with van der Waals surface area (Å²) in [5.41, 5.74) is 1.43. The summed E-state index contributed by atoms with van der Waals surface area (Å²) in [7, 11) is 3.12. The van der Waals surface area contributed by atoms with E-state index in [4.69, 9.17) is 21.1 Å². The van der Waals surface area contributed by atoms with Crippen molar-refractivity contribution < 1.29 is 13.9 Å². The molecule has 0 bridgehead atoms. The normalized spacial score (nSPS) is 12.1. The molecule has 0 radical (unpaired) electrons. The molecule has 6 heteroatoms. The minimum absolute atomic E-state index is 0.352. The third-order valence-corrected chi connectivity index (χ3v) is 4.83. The molecule has 0 aliphatic carbocycles. The van der Waals surface area contributed by atoms with E-state index in [0.717, 1.165) is 10.0 Å². The number of hydrogen-bond donors (Lipinski definition) is 0. The first-order valence-corrected chi connectivity index (χ1v) is 8.00. The number of ether oxygens (including phenoxy) is 2. The smallest absolute Gasteiger partial charge is 0.161 e. The standard InChI is InChI=1S/C15H12Br2ClFO2/c1-20-13-6-9(11(17)7-14(13)21-2)15(18)8-3-4-10(16)12(19)5-8/h3-7,15H,1-2H3. The fourth-order valence-corrected chi connectivity index (χ4v) is 3.16. The molecule has 0 aliphatic heterocycles. The molecular weight excluding hydrogens is 426 g/mol. The Kier molecular flexibility index (Phi) is 5.52. The monoisotopic (exact) mass is 436 g/mol. The first-order chi connectivity index (χ1) is 9.97. The van der Waals surface area contributed by atoms with Gasteiger partial charge in [-0.1, -0.05) is 22.0 Å². The van der Waals surface area contributed by atoms with Gasteiger partial charge in [-0.2, -0.15) is 0 Å². The predicted molar refractivity (Wildman–Crippen MR) is 89.0 cm³/mol. The summed E-state index contributed by atoms with van der Waals surface area (Å²) in [5.74, 6) is 0.813. The number of hydrogen-bond acceptors (Lipinski definition) is 2. The van der Waals surface area contributed by atoms with E-state index in [2.05, 4.69) is 31.9 Å². The summed E-state index contributed by atoms with van der Waals surface area (Å²) in [6.45, 7) is 0. The first-order valence-electron chi connectivity index (χ1n) is 5.98. The van der Waals surface area contributed by atoms with Gasteiger partial charge in [0.05, 0.1) is 24.1 Å². The van der Waals surface area contributed by atoms with Gasteiger partial charge in [-0.25, -0.2) is 4.39 Å². The maximum atomic E-state index is 13.7. The van der Waals surface area contributed by atoms with Gasteiger partial charge in [0.15, 0.2) is 11.5 Å². The lowest BCUT2D eigenvalue weighted by Gasteiger charge is -2.16. The van der Waals surface area contributed by atoms with Gasteiger partial charge in [-0.05, 0) is 51.3 Å². The van der Waals surface area contributed by atoms with Crippen LogP contribution in [0, 0.1) is 5.82 Å². The van der Waals surface area contributed by atoms with Crippen LogP contribution in [0.5, 0.6) is 11.5 Å². The van der Waals surface area contributed by atoms with Gasteiger partial charge >= 0.3 is 0 Å². The summed E-state index contributed by atoms with van der Waals surface area (Å²) in [4.78, 5) is 0. The molecule has 2 aromatic carbocycles. The lowest BCUT2D eigenvalue weighted by Crippen LogP contribution is -1.99. The van der Waals surface area contributed by atoms with Crippen molar-refractivity contribution in [2.45, 2.75) is 5.38 Å². The molecule has 0 saturated carbocycles. The molecule has 0 saturated heterocycles. The van der Waals surface area contributed by atoms with Crippen molar-refractivity contribution in [1.82, 2.24) is 0 Å². The van der Waals surface area contributed by atoms with E-state index in [0.29, 0.717) is 21.5 Å². The summed E-state index contributed by atoms with van der Waals surface area (Å²) < 4.78 is 25.3. The Morgan fingerprint density at radius 3 is 2.19 bits per heavy atom. The number of halogens is 4. The second-order valence-electron chi connectivity index (χ2n) is 4.26. The van der Waals surface area contributed by atoms with Gasteiger partial charge < -0.3 is 9.47 Å². The predicted octanol–water partition coefficient (Wildman–Crippen LogP) is 5.70. The van der Waals surface area contributed by atoms with Crippen molar-refractivity contribution in [3.8, 4) is 11.5 Å². The highest BCUT2D eigenvalue weighted by Gasteiger charge is 2.19. The van der Waals surface area contributed by atoms with Crippen molar-refractivity contribution in [2.24, 2.45) is 0 Å². The largest absolute Gasteiger partial charge is 0.493 e. The molecule has 2 rings (SSSR count).